The number of amides is 1. The van der Waals surface area contributed by atoms with Crippen molar-refractivity contribution in [1.82, 2.24) is 15.2 Å². The average Bonchev–Trinajstić information content (AvgIpc) is 3.50. The van der Waals surface area contributed by atoms with Crippen LogP contribution in [0.2, 0.25) is 0 Å². The van der Waals surface area contributed by atoms with E-state index in [9.17, 15) is 18.0 Å². The van der Waals surface area contributed by atoms with Crippen LogP contribution in [0.4, 0.5) is 13.2 Å². The molecule has 0 unspecified atom stereocenters. The number of halogens is 3. The van der Waals surface area contributed by atoms with E-state index in [4.69, 9.17) is 10.5 Å². The van der Waals surface area contributed by atoms with E-state index >= 15 is 0 Å². The largest absolute Gasteiger partial charge is 0.491 e. The van der Waals surface area contributed by atoms with Gasteiger partial charge in [-0.3, -0.25) is 4.79 Å². The Labute approximate surface area is 185 Å². The molecule has 2 heterocycles. The smallest absolute Gasteiger partial charge is 0.419 e. The molecule has 10 heteroatoms. The molecule has 174 valence electrons. The number of fused-ring (bicyclic) bond motifs is 1. The fraction of sp³-hybridized carbons (Fsp3) is 0.500. The topological polar surface area (TPSA) is 92.8 Å². The quantitative estimate of drug-likeness (QED) is 0.593. The zero-order chi connectivity index (χ0) is 23.5. The molecular weight excluding hydrogens is 423 g/mol. The van der Waals surface area contributed by atoms with E-state index in [1.54, 1.807) is 17.0 Å². The summed E-state index contributed by atoms with van der Waals surface area (Å²) in [5.74, 6) is 1.31. The first kappa shape index (κ1) is 23.6. The van der Waals surface area contributed by atoms with Crippen LogP contribution in [0.25, 0.3) is 0 Å². The summed E-state index contributed by atoms with van der Waals surface area (Å²) in [5, 5.41) is 2.94. The van der Waals surface area contributed by atoms with Gasteiger partial charge in [0.15, 0.2) is 11.4 Å². The van der Waals surface area contributed by atoms with E-state index in [1.165, 1.54) is 0 Å². The second-order valence-corrected chi connectivity index (χ2v) is 8.04. The number of nitrogens with one attached hydrogen (secondary N) is 1. The number of carbonyl (C=O) groups is 1. The molecule has 1 aromatic heterocycles. The molecule has 2 fully saturated rings. The van der Waals surface area contributed by atoms with Crippen LogP contribution in [0.1, 0.15) is 35.9 Å². The number of allylic oxidation sites excluding steroid dienone is 1. The minimum atomic E-state index is -4.59. The van der Waals surface area contributed by atoms with Crippen molar-refractivity contribution in [2.75, 3.05) is 19.7 Å². The minimum absolute atomic E-state index is 0.0580. The Morgan fingerprint density at radius 3 is 2.81 bits per heavy atom. The van der Waals surface area contributed by atoms with Gasteiger partial charge >= 0.3 is 6.18 Å². The predicted octanol–water partition coefficient (Wildman–Crippen LogP) is 3.18. The van der Waals surface area contributed by atoms with Gasteiger partial charge in [-0.1, -0.05) is 6.58 Å². The van der Waals surface area contributed by atoms with Crippen molar-refractivity contribution >= 4 is 12.1 Å². The van der Waals surface area contributed by atoms with Crippen molar-refractivity contribution in [2.24, 2.45) is 22.6 Å². The van der Waals surface area contributed by atoms with Gasteiger partial charge in [-0.05, 0) is 50.7 Å². The standard InChI is InChI=1S/C22H28F3N5O2/c1-4-32-19-6-5-13(2)29-20(19)21(31)30-12-16-7-15(16)8-18(30)11-28-14(3)27-10-17(9-26)22(23,24)25/h5-6,9-10,15-16,18,28H,3-4,7-8,11-12,26H2,1-2H3/b17-9+,27-10-/t15-,16+,18+/m1/s1. The van der Waals surface area contributed by atoms with Gasteiger partial charge in [0.05, 0.1) is 12.2 Å². The number of aliphatic imine (C=N–C) groups is 1. The van der Waals surface area contributed by atoms with Gasteiger partial charge in [-0.2, -0.15) is 13.2 Å². The number of piperidine rings is 1. The summed E-state index contributed by atoms with van der Waals surface area (Å²) in [5.41, 5.74) is 4.94. The number of aryl methyl sites for hydroxylation is 1. The fourth-order valence-electron chi connectivity index (χ4n) is 3.89. The lowest BCUT2D eigenvalue weighted by atomic mass is 10.0. The van der Waals surface area contributed by atoms with Crippen LogP contribution in [0.5, 0.6) is 5.75 Å². The van der Waals surface area contributed by atoms with E-state index in [2.05, 4.69) is 21.9 Å². The van der Waals surface area contributed by atoms with Crippen molar-refractivity contribution in [3.63, 3.8) is 0 Å². The van der Waals surface area contributed by atoms with Crippen LogP contribution in [-0.4, -0.2) is 53.9 Å². The lowest BCUT2D eigenvalue weighted by Crippen LogP contribution is -2.49. The number of pyridine rings is 1. The summed E-state index contributed by atoms with van der Waals surface area (Å²) in [6.07, 6.45) is -1.65. The average molecular weight is 451 g/mol. The highest BCUT2D eigenvalue weighted by molar-refractivity contribution is 5.95. The molecular formula is C22H28F3N5O2. The highest BCUT2D eigenvalue weighted by Crippen LogP contribution is 2.47. The van der Waals surface area contributed by atoms with Crippen LogP contribution in [0.15, 0.2) is 41.3 Å². The first-order valence-electron chi connectivity index (χ1n) is 10.5. The van der Waals surface area contributed by atoms with Gasteiger partial charge in [0.25, 0.3) is 5.91 Å². The Morgan fingerprint density at radius 2 is 2.16 bits per heavy atom. The van der Waals surface area contributed by atoms with Crippen LogP contribution < -0.4 is 15.8 Å². The van der Waals surface area contributed by atoms with Gasteiger partial charge in [-0.15, -0.1) is 0 Å². The molecule has 1 amide bonds. The van der Waals surface area contributed by atoms with E-state index in [0.717, 1.165) is 12.8 Å². The van der Waals surface area contributed by atoms with E-state index in [-0.39, 0.29) is 23.5 Å². The molecule has 1 saturated heterocycles. The second-order valence-electron chi connectivity index (χ2n) is 8.04. The molecule has 3 N–H and O–H groups in total. The Bertz CT molecular complexity index is 929. The summed E-state index contributed by atoms with van der Waals surface area (Å²) in [6, 6.07) is 3.37. The number of hydrogen-bond donors (Lipinski definition) is 2. The molecule has 1 aliphatic carbocycles. The minimum Gasteiger partial charge on any atom is -0.491 e. The summed E-state index contributed by atoms with van der Waals surface area (Å²) in [7, 11) is 0. The molecule has 0 aromatic carbocycles. The number of hydrogen-bond acceptors (Lipinski definition) is 6. The van der Waals surface area contributed by atoms with Gasteiger partial charge in [0, 0.05) is 37.2 Å². The number of nitrogens with two attached hydrogens (primary N) is 1. The third-order valence-corrected chi connectivity index (χ3v) is 5.68. The summed E-state index contributed by atoms with van der Waals surface area (Å²) < 4.78 is 43.9. The molecule has 1 saturated carbocycles. The molecule has 0 radical (unpaired) electrons. The lowest BCUT2D eigenvalue weighted by molar-refractivity contribution is -0.0857. The van der Waals surface area contributed by atoms with Gasteiger partial charge in [-0.25, -0.2) is 9.98 Å². The van der Waals surface area contributed by atoms with Crippen LogP contribution in [0.3, 0.4) is 0 Å². The summed E-state index contributed by atoms with van der Waals surface area (Å²) in [6.45, 7) is 8.64. The van der Waals surface area contributed by atoms with E-state index < -0.39 is 11.7 Å². The van der Waals surface area contributed by atoms with Crippen molar-refractivity contribution in [1.29, 1.82) is 0 Å². The molecule has 0 bridgehead atoms. The number of alkyl halides is 3. The van der Waals surface area contributed by atoms with Crippen LogP contribution in [-0.2, 0) is 0 Å². The fourth-order valence-corrected chi connectivity index (χ4v) is 3.89. The monoisotopic (exact) mass is 451 g/mol. The Hall–Kier alpha value is -3.04. The Kier molecular flexibility index (Phi) is 7.10. The van der Waals surface area contributed by atoms with Crippen LogP contribution in [0, 0.1) is 18.8 Å². The maximum absolute atomic E-state index is 13.4. The van der Waals surface area contributed by atoms with E-state index in [0.29, 0.717) is 55.4 Å². The van der Waals surface area contributed by atoms with Gasteiger partial charge in [0.2, 0.25) is 0 Å². The summed E-state index contributed by atoms with van der Waals surface area (Å²) in [4.78, 5) is 23.3. The molecule has 1 aromatic rings. The molecule has 3 atom stereocenters. The molecule has 32 heavy (non-hydrogen) atoms. The SMILES string of the molecule is C=C(/N=C\C(=C/N)C(F)(F)F)NC[C@@H]1C[C@H]2C[C@H]2CN1C(=O)c1nc(C)ccc1OCC. The maximum Gasteiger partial charge on any atom is 0.419 e. The molecule has 2 aliphatic rings. The molecule has 7 nitrogen and oxygen atoms in total. The van der Waals surface area contributed by atoms with Crippen molar-refractivity contribution in [2.45, 2.75) is 38.9 Å². The Morgan fingerprint density at radius 1 is 1.41 bits per heavy atom. The van der Waals surface area contributed by atoms with Gasteiger partial charge < -0.3 is 20.7 Å². The number of ether oxygens (including phenoxy) is 1. The van der Waals surface area contributed by atoms with E-state index in [1.807, 2.05) is 13.8 Å². The molecule has 3 rings (SSSR count). The highest BCUT2D eigenvalue weighted by atomic mass is 19.4. The molecule has 1 aliphatic heterocycles. The zero-order valence-corrected chi connectivity index (χ0v) is 18.2. The third-order valence-electron chi connectivity index (χ3n) is 5.68. The first-order chi connectivity index (χ1) is 15.1. The Balaban J connectivity index is 1.70. The number of carbonyl (C=O) groups excluding carboxylic acids is 1. The van der Waals surface area contributed by atoms with Crippen molar-refractivity contribution < 1.29 is 22.7 Å². The van der Waals surface area contributed by atoms with Crippen molar-refractivity contribution in [3.8, 4) is 5.75 Å². The molecule has 0 spiro atoms. The number of nitrogens with zero attached hydrogens (tertiary/aromatic N) is 3. The predicted molar refractivity (Wildman–Crippen MR) is 115 cm³/mol. The lowest BCUT2D eigenvalue weighted by Gasteiger charge is -2.35. The van der Waals surface area contributed by atoms with Crippen LogP contribution >= 0.6 is 0 Å². The van der Waals surface area contributed by atoms with Gasteiger partial charge in [0.1, 0.15) is 5.82 Å². The summed E-state index contributed by atoms with van der Waals surface area (Å²) >= 11 is 0. The number of rotatable bonds is 8. The normalized spacial score (nSPS) is 23.1. The van der Waals surface area contributed by atoms with Crippen molar-refractivity contribution in [3.05, 3.63) is 47.7 Å². The second kappa shape index (κ2) is 9.62. The number of likely N-dealkylation sites (tertiary alicyclic amines) is 1. The zero-order valence-electron chi connectivity index (χ0n) is 18.2. The highest BCUT2D eigenvalue weighted by Gasteiger charge is 2.47. The third kappa shape index (κ3) is 5.60. The number of aromatic nitrogens is 1. The maximum atomic E-state index is 13.4. The first-order valence-corrected chi connectivity index (χ1v) is 10.5.